The average Bonchev–Trinajstić information content (AvgIpc) is 2.77. The lowest BCUT2D eigenvalue weighted by atomic mass is 9.56. The summed E-state index contributed by atoms with van der Waals surface area (Å²) in [6.45, 7) is 19.8. The molecule has 32 heavy (non-hydrogen) atoms. The third-order valence-corrected chi connectivity index (χ3v) is 9.65. The number of hydrogen-bond acceptors (Lipinski definition) is 0. The van der Waals surface area contributed by atoms with Crippen molar-refractivity contribution < 1.29 is 0 Å². The molecule has 0 N–H and O–H groups in total. The van der Waals surface area contributed by atoms with E-state index in [1.807, 2.05) is 0 Å². The molecule has 0 spiro atoms. The first-order chi connectivity index (χ1) is 15.3. The van der Waals surface area contributed by atoms with Crippen LogP contribution >= 0.6 is 0 Å². The first kappa shape index (κ1) is 30.0. The second-order valence-corrected chi connectivity index (χ2v) is 12.6. The normalized spacial score (nSPS) is 25.1. The first-order valence-electron chi connectivity index (χ1n) is 15.3. The SMILES string of the molecule is CCCC1(CCC)CCC(CCC)(CCC)CC(CCC)(CCC)CC(CC)(CCC)C1. The van der Waals surface area contributed by atoms with Gasteiger partial charge in [0.25, 0.3) is 0 Å². The topological polar surface area (TPSA) is 0 Å². The Kier molecular flexibility index (Phi) is 13.5. The van der Waals surface area contributed by atoms with Crippen molar-refractivity contribution in [2.24, 2.45) is 21.7 Å². The van der Waals surface area contributed by atoms with E-state index in [0.29, 0.717) is 21.7 Å². The van der Waals surface area contributed by atoms with Crippen LogP contribution in [-0.4, -0.2) is 0 Å². The predicted octanol–water partition coefficient (Wildman–Crippen LogP) is 11.9. The molecule has 0 radical (unpaired) electrons. The molecular formula is C32H64. The van der Waals surface area contributed by atoms with E-state index in [1.54, 1.807) is 0 Å². The maximum atomic E-state index is 2.56. The summed E-state index contributed by atoms with van der Waals surface area (Å²) in [5.41, 5.74) is 2.33. The molecule has 0 nitrogen and oxygen atoms in total. The maximum absolute atomic E-state index is 2.56. The van der Waals surface area contributed by atoms with Crippen LogP contribution in [0.25, 0.3) is 0 Å². The maximum Gasteiger partial charge on any atom is -0.0287 e. The van der Waals surface area contributed by atoms with Crippen molar-refractivity contribution in [2.75, 3.05) is 0 Å². The molecule has 0 aromatic carbocycles. The molecule has 0 aromatic rings. The highest BCUT2D eigenvalue weighted by Crippen LogP contribution is 2.61. The van der Waals surface area contributed by atoms with Crippen LogP contribution < -0.4 is 0 Å². The second kappa shape index (κ2) is 14.4. The van der Waals surface area contributed by atoms with E-state index in [0.717, 1.165) is 0 Å². The highest BCUT2D eigenvalue weighted by molar-refractivity contribution is 5.00. The third-order valence-electron chi connectivity index (χ3n) is 9.65. The average molecular weight is 449 g/mol. The molecule has 1 aliphatic carbocycles. The molecule has 1 unspecified atom stereocenters. The van der Waals surface area contributed by atoms with E-state index < -0.39 is 0 Å². The van der Waals surface area contributed by atoms with Crippen LogP contribution in [0.5, 0.6) is 0 Å². The molecule has 0 heterocycles. The largest absolute Gasteiger partial charge is 0.0654 e. The predicted molar refractivity (Wildman–Crippen MR) is 147 cm³/mol. The zero-order valence-electron chi connectivity index (χ0n) is 24.1. The molecule has 1 atom stereocenters. The van der Waals surface area contributed by atoms with Crippen molar-refractivity contribution in [3.63, 3.8) is 0 Å². The van der Waals surface area contributed by atoms with Gasteiger partial charge >= 0.3 is 0 Å². The highest BCUT2D eigenvalue weighted by Gasteiger charge is 2.49. The molecule has 0 saturated heterocycles. The van der Waals surface area contributed by atoms with Gasteiger partial charge in [0, 0.05) is 0 Å². The summed E-state index contributed by atoms with van der Waals surface area (Å²) in [4.78, 5) is 0. The Balaban J connectivity index is 3.70. The van der Waals surface area contributed by atoms with Crippen LogP contribution in [0.2, 0.25) is 0 Å². The summed E-state index contributed by atoms with van der Waals surface area (Å²) >= 11 is 0. The van der Waals surface area contributed by atoms with Crippen LogP contribution in [0.4, 0.5) is 0 Å². The van der Waals surface area contributed by atoms with Crippen LogP contribution in [-0.2, 0) is 0 Å². The number of hydrogen-bond donors (Lipinski definition) is 0. The van der Waals surface area contributed by atoms with Gasteiger partial charge < -0.3 is 0 Å². The summed E-state index contributed by atoms with van der Waals surface area (Å²) in [6.07, 6.45) is 28.9. The monoisotopic (exact) mass is 449 g/mol. The first-order valence-corrected chi connectivity index (χ1v) is 15.3. The summed E-state index contributed by atoms with van der Waals surface area (Å²) in [7, 11) is 0. The molecule has 0 heteroatoms. The van der Waals surface area contributed by atoms with E-state index in [2.05, 4.69) is 55.4 Å². The van der Waals surface area contributed by atoms with Crippen LogP contribution in [0.3, 0.4) is 0 Å². The minimum absolute atomic E-state index is 0.567. The smallest absolute Gasteiger partial charge is 0.0287 e. The second-order valence-electron chi connectivity index (χ2n) is 12.6. The van der Waals surface area contributed by atoms with E-state index in [-0.39, 0.29) is 0 Å². The van der Waals surface area contributed by atoms with E-state index in [1.165, 1.54) is 128 Å². The van der Waals surface area contributed by atoms with Gasteiger partial charge in [-0.2, -0.15) is 0 Å². The Morgan fingerprint density at radius 2 is 0.594 bits per heavy atom. The molecule has 0 amide bonds. The minimum atomic E-state index is 0.567. The fourth-order valence-corrected chi connectivity index (χ4v) is 9.12. The van der Waals surface area contributed by atoms with E-state index >= 15 is 0 Å². The quantitative estimate of drug-likeness (QED) is 0.233. The summed E-state index contributed by atoms with van der Waals surface area (Å²) < 4.78 is 0. The third kappa shape index (κ3) is 8.05. The van der Waals surface area contributed by atoms with Gasteiger partial charge in [0.05, 0.1) is 0 Å². The Labute approximate surface area is 205 Å². The Morgan fingerprint density at radius 3 is 0.906 bits per heavy atom. The summed E-state index contributed by atoms with van der Waals surface area (Å²) in [6, 6.07) is 0. The standard InChI is InChI=1S/C32H64/c1-9-17-29(16-8)26-30(18-10-2,19-11-3)24-25-31(20-12-4,21-13-5)28-32(27-29,22-14-6)23-15-7/h9-28H2,1-8H3. The molecular weight excluding hydrogens is 384 g/mol. The van der Waals surface area contributed by atoms with Crippen molar-refractivity contribution in [3.8, 4) is 0 Å². The van der Waals surface area contributed by atoms with Crippen molar-refractivity contribution >= 4 is 0 Å². The lowest BCUT2D eigenvalue weighted by molar-refractivity contribution is 0.0187. The molecule has 1 rings (SSSR count). The van der Waals surface area contributed by atoms with E-state index in [9.17, 15) is 0 Å². The highest BCUT2D eigenvalue weighted by atomic mass is 14.5. The van der Waals surface area contributed by atoms with Gasteiger partial charge in [0.1, 0.15) is 0 Å². The molecule has 0 aliphatic heterocycles. The van der Waals surface area contributed by atoms with Crippen molar-refractivity contribution in [1.29, 1.82) is 0 Å². The zero-order chi connectivity index (χ0) is 24.1. The van der Waals surface area contributed by atoms with Gasteiger partial charge in [-0.05, 0) is 98.7 Å². The van der Waals surface area contributed by atoms with Gasteiger partial charge in [-0.25, -0.2) is 0 Å². The molecule has 192 valence electrons. The van der Waals surface area contributed by atoms with Crippen molar-refractivity contribution in [1.82, 2.24) is 0 Å². The minimum Gasteiger partial charge on any atom is -0.0654 e. The lowest BCUT2D eigenvalue weighted by Crippen LogP contribution is -2.37. The van der Waals surface area contributed by atoms with Gasteiger partial charge in [0.15, 0.2) is 0 Å². The fraction of sp³-hybridized carbons (Fsp3) is 1.00. The molecule has 1 aliphatic rings. The zero-order valence-corrected chi connectivity index (χ0v) is 24.1. The Bertz CT molecular complexity index is 456. The number of rotatable bonds is 15. The molecule has 0 bridgehead atoms. The van der Waals surface area contributed by atoms with Crippen LogP contribution in [0.15, 0.2) is 0 Å². The van der Waals surface area contributed by atoms with Crippen molar-refractivity contribution in [3.05, 3.63) is 0 Å². The Morgan fingerprint density at radius 1 is 0.344 bits per heavy atom. The fourth-order valence-electron chi connectivity index (χ4n) is 9.12. The molecule has 0 aromatic heterocycles. The molecule has 1 fully saturated rings. The molecule has 1 saturated carbocycles. The van der Waals surface area contributed by atoms with Gasteiger partial charge in [-0.15, -0.1) is 0 Å². The van der Waals surface area contributed by atoms with Crippen LogP contribution in [0, 0.1) is 21.7 Å². The Hall–Kier alpha value is 0. The van der Waals surface area contributed by atoms with Gasteiger partial charge in [-0.1, -0.05) is 107 Å². The summed E-state index contributed by atoms with van der Waals surface area (Å²) in [5, 5.41) is 0. The van der Waals surface area contributed by atoms with Gasteiger partial charge in [-0.3, -0.25) is 0 Å². The van der Waals surface area contributed by atoms with Crippen LogP contribution in [0.1, 0.15) is 184 Å². The van der Waals surface area contributed by atoms with E-state index in [4.69, 9.17) is 0 Å². The summed E-state index contributed by atoms with van der Waals surface area (Å²) in [5.74, 6) is 0. The lowest BCUT2D eigenvalue weighted by Gasteiger charge is -2.49. The van der Waals surface area contributed by atoms with Gasteiger partial charge in [0.2, 0.25) is 0 Å². The van der Waals surface area contributed by atoms with Crippen molar-refractivity contribution in [2.45, 2.75) is 184 Å².